The molecule has 0 heterocycles. The van der Waals surface area contributed by atoms with E-state index < -0.39 is 0 Å². The molecule has 80 valence electrons. The lowest BCUT2D eigenvalue weighted by atomic mass is 10.1. The molecule has 1 aromatic rings. The monoisotopic (exact) mass is 206 g/mol. The highest BCUT2D eigenvalue weighted by Gasteiger charge is 2.05. The highest BCUT2D eigenvalue weighted by molar-refractivity contribution is 5.55. The van der Waals surface area contributed by atoms with Crippen LogP contribution in [0.4, 0.5) is 5.69 Å². The number of hydrogen-bond acceptors (Lipinski definition) is 3. The molecule has 1 rings (SSSR count). The van der Waals surface area contributed by atoms with Gasteiger partial charge in [-0.25, -0.2) is 0 Å². The molecule has 1 aromatic carbocycles. The second-order valence-corrected chi connectivity index (χ2v) is 3.32. The van der Waals surface area contributed by atoms with Crippen LogP contribution in [0.2, 0.25) is 0 Å². The average Bonchev–Trinajstić information content (AvgIpc) is 2.17. The van der Waals surface area contributed by atoms with E-state index in [1.807, 2.05) is 32.2 Å². The fourth-order valence-corrected chi connectivity index (χ4v) is 1.31. The van der Waals surface area contributed by atoms with Crippen LogP contribution in [0, 0.1) is 17.0 Å². The lowest BCUT2D eigenvalue weighted by Crippen LogP contribution is -2.03. The molecular formula is C11H14N2O2. The minimum absolute atomic E-state index is 0.138. The predicted molar refractivity (Wildman–Crippen MR) is 60.8 cm³/mol. The van der Waals surface area contributed by atoms with E-state index in [2.05, 4.69) is 5.32 Å². The Balaban J connectivity index is 2.93. The third kappa shape index (κ3) is 3.52. The lowest BCUT2D eigenvalue weighted by molar-refractivity contribution is -0.384. The standard InChI is InChI=1S/C11H14N2O2/c1-9-6-10(4-3-5-12-2)8-11(7-9)13(14)15/h3-4,6-8,12H,5H2,1-2H3. The number of non-ortho nitro benzene ring substituents is 1. The molecule has 0 bridgehead atoms. The van der Waals surface area contributed by atoms with Crippen molar-refractivity contribution in [3.8, 4) is 0 Å². The number of hydrogen-bond donors (Lipinski definition) is 1. The Kier molecular flexibility index (Phi) is 4.00. The van der Waals surface area contributed by atoms with Crippen molar-refractivity contribution in [3.63, 3.8) is 0 Å². The van der Waals surface area contributed by atoms with Crippen molar-refractivity contribution in [2.75, 3.05) is 13.6 Å². The number of benzene rings is 1. The Bertz CT molecular complexity index is 386. The van der Waals surface area contributed by atoms with E-state index in [9.17, 15) is 10.1 Å². The molecule has 0 saturated carbocycles. The molecule has 0 aromatic heterocycles. The first kappa shape index (κ1) is 11.4. The molecule has 0 aliphatic carbocycles. The Morgan fingerprint density at radius 2 is 2.20 bits per heavy atom. The van der Waals surface area contributed by atoms with Crippen molar-refractivity contribution in [2.24, 2.45) is 0 Å². The number of nitrogens with zero attached hydrogens (tertiary/aromatic N) is 1. The zero-order valence-corrected chi connectivity index (χ0v) is 8.86. The van der Waals surface area contributed by atoms with Crippen molar-refractivity contribution in [2.45, 2.75) is 6.92 Å². The van der Waals surface area contributed by atoms with Gasteiger partial charge in [0.15, 0.2) is 0 Å². The van der Waals surface area contributed by atoms with Crippen molar-refractivity contribution in [1.29, 1.82) is 0 Å². The van der Waals surface area contributed by atoms with Gasteiger partial charge in [-0.1, -0.05) is 18.2 Å². The van der Waals surface area contributed by atoms with Gasteiger partial charge in [-0.05, 0) is 25.1 Å². The molecule has 0 saturated heterocycles. The smallest absolute Gasteiger partial charge is 0.270 e. The van der Waals surface area contributed by atoms with Gasteiger partial charge in [0.2, 0.25) is 0 Å². The molecule has 0 fully saturated rings. The second-order valence-electron chi connectivity index (χ2n) is 3.32. The molecule has 4 heteroatoms. The minimum Gasteiger partial charge on any atom is -0.316 e. The summed E-state index contributed by atoms with van der Waals surface area (Å²) in [7, 11) is 1.85. The van der Waals surface area contributed by atoms with Crippen LogP contribution < -0.4 is 5.32 Å². The second kappa shape index (κ2) is 5.26. The van der Waals surface area contributed by atoms with Gasteiger partial charge in [0.05, 0.1) is 4.92 Å². The molecule has 0 spiro atoms. The van der Waals surface area contributed by atoms with Gasteiger partial charge < -0.3 is 5.32 Å². The first-order chi connectivity index (χ1) is 7.13. The van der Waals surface area contributed by atoms with Crippen molar-refractivity contribution < 1.29 is 4.92 Å². The van der Waals surface area contributed by atoms with Crippen LogP contribution in [0.25, 0.3) is 6.08 Å². The van der Waals surface area contributed by atoms with Gasteiger partial charge in [-0.3, -0.25) is 10.1 Å². The number of nitro groups is 1. The van der Waals surface area contributed by atoms with E-state index in [0.29, 0.717) is 0 Å². The molecule has 15 heavy (non-hydrogen) atoms. The summed E-state index contributed by atoms with van der Waals surface area (Å²) in [5, 5.41) is 13.6. The summed E-state index contributed by atoms with van der Waals surface area (Å²) < 4.78 is 0. The first-order valence-electron chi connectivity index (χ1n) is 4.70. The Morgan fingerprint density at radius 3 is 2.80 bits per heavy atom. The number of likely N-dealkylation sites (N-methyl/N-ethyl adjacent to an activating group) is 1. The number of rotatable bonds is 4. The molecule has 0 amide bonds. The van der Waals surface area contributed by atoms with Gasteiger partial charge in [-0.2, -0.15) is 0 Å². The molecule has 0 atom stereocenters. The molecule has 0 unspecified atom stereocenters. The largest absolute Gasteiger partial charge is 0.316 e. The maximum absolute atomic E-state index is 10.6. The lowest BCUT2D eigenvalue weighted by Gasteiger charge is -1.98. The Labute approximate surface area is 88.8 Å². The van der Waals surface area contributed by atoms with Gasteiger partial charge >= 0.3 is 0 Å². The van der Waals surface area contributed by atoms with Crippen molar-refractivity contribution >= 4 is 11.8 Å². The summed E-state index contributed by atoms with van der Waals surface area (Å²) in [6.07, 6.45) is 3.80. The molecule has 0 aliphatic heterocycles. The third-order valence-corrected chi connectivity index (χ3v) is 1.93. The molecule has 1 N–H and O–H groups in total. The van der Waals surface area contributed by atoms with Crippen molar-refractivity contribution in [3.05, 3.63) is 45.5 Å². The highest BCUT2D eigenvalue weighted by Crippen LogP contribution is 2.17. The summed E-state index contributed by atoms with van der Waals surface area (Å²) in [5.41, 5.74) is 1.89. The number of nitrogens with one attached hydrogen (secondary N) is 1. The quantitative estimate of drug-likeness (QED) is 0.606. The molecular weight excluding hydrogens is 192 g/mol. The van der Waals surface area contributed by atoms with Gasteiger partial charge in [0.1, 0.15) is 0 Å². The van der Waals surface area contributed by atoms with Gasteiger partial charge in [0.25, 0.3) is 5.69 Å². The van der Waals surface area contributed by atoms with E-state index in [1.165, 1.54) is 0 Å². The summed E-state index contributed by atoms with van der Waals surface area (Å²) in [6, 6.07) is 5.05. The van der Waals surface area contributed by atoms with E-state index in [-0.39, 0.29) is 10.6 Å². The topological polar surface area (TPSA) is 55.2 Å². The van der Waals surface area contributed by atoms with Crippen LogP contribution in [0.15, 0.2) is 24.3 Å². The zero-order chi connectivity index (χ0) is 11.3. The van der Waals surface area contributed by atoms with Crippen LogP contribution in [0.3, 0.4) is 0 Å². The maximum Gasteiger partial charge on any atom is 0.270 e. The Hall–Kier alpha value is -1.68. The fraction of sp³-hybridized carbons (Fsp3) is 0.273. The van der Waals surface area contributed by atoms with Crippen LogP contribution >= 0.6 is 0 Å². The highest BCUT2D eigenvalue weighted by atomic mass is 16.6. The first-order valence-corrected chi connectivity index (χ1v) is 4.70. The van der Waals surface area contributed by atoms with Crippen LogP contribution in [0.1, 0.15) is 11.1 Å². The summed E-state index contributed by atoms with van der Waals surface area (Å²) in [4.78, 5) is 10.2. The van der Waals surface area contributed by atoms with Crippen LogP contribution in [0.5, 0.6) is 0 Å². The summed E-state index contributed by atoms with van der Waals surface area (Å²) >= 11 is 0. The van der Waals surface area contributed by atoms with E-state index in [1.54, 1.807) is 12.1 Å². The van der Waals surface area contributed by atoms with Crippen LogP contribution in [-0.2, 0) is 0 Å². The van der Waals surface area contributed by atoms with E-state index in [4.69, 9.17) is 0 Å². The Morgan fingerprint density at radius 1 is 1.47 bits per heavy atom. The molecule has 0 aliphatic rings. The summed E-state index contributed by atoms with van der Waals surface area (Å²) in [6.45, 7) is 2.60. The van der Waals surface area contributed by atoms with Gasteiger partial charge in [0, 0.05) is 18.7 Å². The van der Waals surface area contributed by atoms with Crippen LogP contribution in [-0.4, -0.2) is 18.5 Å². The zero-order valence-electron chi connectivity index (χ0n) is 8.86. The SMILES string of the molecule is CNCC=Cc1cc(C)cc([N+](=O)[O-])c1. The number of nitro benzene ring substituents is 1. The fourth-order valence-electron chi connectivity index (χ4n) is 1.31. The minimum atomic E-state index is -0.373. The van der Waals surface area contributed by atoms with Gasteiger partial charge in [-0.15, -0.1) is 0 Å². The third-order valence-electron chi connectivity index (χ3n) is 1.93. The van der Waals surface area contributed by atoms with Crippen molar-refractivity contribution in [1.82, 2.24) is 5.32 Å². The maximum atomic E-state index is 10.6. The normalized spacial score (nSPS) is 10.8. The van der Waals surface area contributed by atoms with E-state index >= 15 is 0 Å². The number of aryl methyl sites for hydroxylation is 1. The van der Waals surface area contributed by atoms with E-state index in [0.717, 1.165) is 17.7 Å². The summed E-state index contributed by atoms with van der Waals surface area (Å²) in [5.74, 6) is 0. The predicted octanol–water partition coefficient (Wildman–Crippen LogP) is 2.14. The molecule has 4 nitrogen and oxygen atoms in total. The average molecular weight is 206 g/mol. The molecule has 0 radical (unpaired) electrons.